The lowest BCUT2D eigenvalue weighted by molar-refractivity contribution is -0.384. The normalized spacial score (nSPS) is 10.6. The van der Waals surface area contributed by atoms with Gasteiger partial charge in [0.2, 0.25) is 5.91 Å². The molecule has 9 heteroatoms. The smallest absolute Gasteiger partial charge is 0.271 e. The molecule has 0 aliphatic rings. The molecule has 3 aromatic rings. The molecule has 27 heavy (non-hydrogen) atoms. The topological polar surface area (TPSA) is 116 Å². The Morgan fingerprint density at radius 1 is 1.30 bits per heavy atom. The predicted molar refractivity (Wildman–Crippen MR) is 98.9 cm³/mol. The molecule has 1 heterocycles. The second-order valence-corrected chi connectivity index (χ2v) is 5.70. The van der Waals surface area contributed by atoms with Crippen molar-refractivity contribution in [2.24, 2.45) is 0 Å². The van der Waals surface area contributed by atoms with Gasteiger partial charge in [0.1, 0.15) is 5.75 Å². The Bertz CT molecular complexity index is 1080. The largest absolute Gasteiger partial charge is 0.495 e. The molecule has 0 spiro atoms. The van der Waals surface area contributed by atoms with E-state index < -0.39 is 10.8 Å². The van der Waals surface area contributed by atoms with Crippen molar-refractivity contribution >= 4 is 28.2 Å². The van der Waals surface area contributed by atoms with Gasteiger partial charge in [-0.1, -0.05) is 12.1 Å². The van der Waals surface area contributed by atoms with Crippen molar-refractivity contribution in [3.63, 3.8) is 0 Å². The molecule has 0 saturated heterocycles. The van der Waals surface area contributed by atoms with Gasteiger partial charge < -0.3 is 10.1 Å². The van der Waals surface area contributed by atoms with Crippen LogP contribution in [0.4, 0.5) is 11.4 Å². The highest BCUT2D eigenvalue weighted by Crippen LogP contribution is 2.28. The lowest BCUT2D eigenvalue weighted by atomic mass is 10.2. The fraction of sp³-hybridized carbons (Fsp3) is 0.167. The molecule has 0 bridgehead atoms. The maximum Gasteiger partial charge on any atom is 0.271 e. The van der Waals surface area contributed by atoms with Crippen molar-refractivity contribution in [1.82, 2.24) is 9.55 Å². The van der Waals surface area contributed by atoms with Gasteiger partial charge in [-0.3, -0.25) is 24.3 Å². The zero-order valence-corrected chi connectivity index (χ0v) is 14.4. The first kappa shape index (κ1) is 18.1. The number of nitro groups is 1. The predicted octanol–water partition coefficient (Wildman–Crippen LogP) is 2.34. The summed E-state index contributed by atoms with van der Waals surface area (Å²) in [6, 6.07) is 10.9. The van der Waals surface area contributed by atoms with E-state index in [0.29, 0.717) is 16.7 Å². The Balaban J connectivity index is 1.74. The fourth-order valence-corrected chi connectivity index (χ4v) is 2.61. The van der Waals surface area contributed by atoms with Crippen LogP contribution in [-0.2, 0) is 11.3 Å². The summed E-state index contributed by atoms with van der Waals surface area (Å²) in [4.78, 5) is 39.2. The van der Waals surface area contributed by atoms with Gasteiger partial charge in [-0.05, 0) is 18.2 Å². The second-order valence-electron chi connectivity index (χ2n) is 5.70. The number of anilines is 1. The van der Waals surface area contributed by atoms with Gasteiger partial charge in [0, 0.05) is 25.1 Å². The van der Waals surface area contributed by atoms with Gasteiger partial charge in [-0.25, -0.2) is 4.98 Å². The van der Waals surface area contributed by atoms with Crippen LogP contribution in [0.2, 0.25) is 0 Å². The highest BCUT2D eigenvalue weighted by Gasteiger charge is 2.14. The average Bonchev–Trinajstić information content (AvgIpc) is 2.67. The number of non-ortho nitro benzene ring substituents is 1. The van der Waals surface area contributed by atoms with Crippen LogP contribution < -0.4 is 15.6 Å². The standard InChI is InChI=1S/C18H16N4O5/c1-27-16-7-6-12(22(25)26)10-15(16)20-17(23)8-9-21-11-19-14-5-3-2-4-13(14)18(21)24/h2-7,10-11H,8-9H2,1H3,(H,20,23). The molecule has 0 unspecified atom stereocenters. The van der Waals surface area contributed by atoms with E-state index in [4.69, 9.17) is 4.74 Å². The van der Waals surface area contributed by atoms with E-state index in [2.05, 4.69) is 10.3 Å². The number of methoxy groups -OCH3 is 1. The van der Waals surface area contributed by atoms with Crippen LogP contribution in [0.1, 0.15) is 6.42 Å². The fourth-order valence-electron chi connectivity index (χ4n) is 2.61. The molecule has 0 saturated carbocycles. The van der Waals surface area contributed by atoms with E-state index in [9.17, 15) is 19.7 Å². The number of fused-ring (bicyclic) bond motifs is 1. The minimum Gasteiger partial charge on any atom is -0.495 e. The summed E-state index contributed by atoms with van der Waals surface area (Å²) in [5.74, 6) is -0.104. The highest BCUT2D eigenvalue weighted by atomic mass is 16.6. The molecule has 9 nitrogen and oxygen atoms in total. The summed E-state index contributed by atoms with van der Waals surface area (Å²) in [6.07, 6.45) is 1.39. The monoisotopic (exact) mass is 368 g/mol. The summed E-state index contributed by atoms with van der Waals surface area (Å²) in [7, 11) is 1.40. The number of nitrogens with one attached hydrogen (secondary N) is 1. The number of nitrogens with zero attached hydrogens (tertiary/aromatic N) is 3. The summed E-state index contributed by atoms with van der Waals surface area (Å²) in [5.41, 5.74) is 0.382. The Morgan fingerprint density at radius 3 is 2.81 bits per heavy atom. The van der Waals surface area contributed by atoms with Gasteiger partial charge in [0.15, 0.2) is 0 Å². The molecule has 3 rings (SSSR count). The number of rotatable bonds is 6. The van der Waals surface area contributed by atoms with Gasteiger partial charge >= 0.3 is 0 Å². The molecule has 1 N–H and O–H groups in total. The molecular formula is C18H16N4O5. The molecule has 0 aliphatic heterocycles. The zero-order chi connectivity index (χ0) is 19.4. The number of ether oxygens (including phenoxy) is 1. The Morgan fingerprint density at radius 2 is 2.07 bits per heavy atom. The number of amides is 1. The second kappa shape index (κ2) is 7.65. The number of nitro benzene ring substituents is 1. The number of benzene rings is 2. The van der Waals surface area contributed by atoms with Crippen molar-refractivity contribution in [2.75, 3.05) is 12.4 Å². The van der Waals surface area contributed by atoms with Gasteiger partial charge in [-0.15, -0.1) is 0 Å². The lowest BCUT2D eigenvalue weighted by Gasteiger charge is -2.10. The van der Waals surface area contributed by atoms with Crippen LogP contribution in [0, 0.1) is 10.1 Å². The van der Waals surface area contributed by atoms with E-state index >= 15 is 0 Å². The Kier molecular flexibility index (Phi) is 5.11. The van der Waals surface area contributed by atoms with E-state index in [1.807, 2.05) is 0 Å². The third-order valence-electron chi connectivity index (χ3n) is 3.98. The minimum atomic E-state index is -0.560. The van der Waals surface area contributed by atoms with E-state index in [1.54, 1.807) is 24.3 Å². The highest BCUT2D eigenvalue weighted by molar-refractivity contribution is 5.92. The third kappa shape index (κ3) is 3.92. The van der Waals surface area contributed by atoms with Crippen LogP contribution in [0.5, 0.6) is 5.75 Å². The van der Waals surface area contributed by atoms with Crippen molar-refractivity contribution in [3.8, 4) is 5.75 Å². The van der Waals surface area contributed by atoms with Crippen molar-refractivity contribution in [1.29, 1.82) is 0 Å². The SMILES string of the molecule is COc1ccc([N+](=O)[O-])cc1NC(=O)CCn1cnc2ccccc2c1=O. The number of hydrogen-bond donors (Lipinski definition) is 1. The van der Waals surface area contributed by atoms with Crippen LogP contribution in [0.15, 0.2) is 53.6 Å². The zero-order valence-electron chi connectivity index (χ0n) is 14.4. The Labute approximate surface area is 153 Å². The lowest BCUT2D eigenvalue weighted by Crippen LogP contribution is -2.23. The number of carbonyl (C=O) groups excluding carboxylic acids is 1. The van der Waals surface area contributed by atoms with E-state index in [0.717, 1.165) is 0 Å². The van der Waals surface area contributed by atoms with Gasteiger partial charge in [-0.2, -0.15) is 0 Å². The van der Waals surface area contributed by atoms with Crippen molar-refractivity contribution in [3.05, 3.63) is 69.3 Å². The molecular weight excluding hydrogens is 352 g/mol. The quantitative estimate of drug-likeness (QED) is 0.527. The van der Waals surface area contributed by atoms with Crippen molar-refractivity contribution < 1.29 is 14.5 Å². The maximum atomic E-state index is 12.4. The van der Waals surface area contributed by atoms with E-state index in [-0.39, 0.29) is 29.9 Å². The molecule has 0 aliphatic carbocycles. The Hall–Kier alpha value is -3.75. The molecule has 0 fully saturated rings. The van der Waals surface area contributed by atoms with Crippen LogP contribution in [0.3, 0.4) is 0 Å². The summed E-state index contributed by atoms with van der Waals surface area (Å²) in [5, 5.41) is 14.0. The van der Waals surface area contributed by atoms with E-state index in [1.165, 1.54) is 36.2 Å². The molecule has 1 aromatic heterocycles. The number of carbonyl (C=O) groups is 1. The van der Waals surface area contributed by atoms with Crippen LogP contribution in [0.25, 0.3) is 10.9 Å². The first-order chi connectivity index (χ1) is 13.0. The number of aromatic nitrogens is 2. The van der Waals surface area contributed by atoms with Gasteiger partial charge in [0.05, 0.1) is 35.0 Å². The molecule has 1 amide bonds. The molecule has 138 valence electrons. The number of aryl methyl sites for hydroxylation is 1. The minimum absolute atomic E-state index is 0.00816. The molecule has 0 atom stereocenters. The van der Waals surface area contributed by atoms with Gasteiger partial charge in [0.25, 0.3) is 11.2 Å². The first-order valence-corrected chi connectivity index (χ1v) is 8.06. The number of para-hydroxylation sites is 1. The third-order valence-corrected chi connectivity index (χ3v) is 3.98. The summed E-state index contributed by atoms with van der Waals surface area (Å²) >= 11 is 0. The number of hydrogen-bond acceptors (Lipinski definition) is 6. The summed E-state index contributed by atoms with van der Waals surface area (Å²) in [6.45, 7) is 0.125. The molecule has 2 aromatic carbocycles. The summed E-state index contributed by atoms with van der Waals surface area (Å²) < 4.78 is 6.46. The average molecular weight is 368 g/mol. The van der Waals surface area contributed by atoms with Crippen molar-refractivity contribution in [2.45, 2.75) is 13.0 Å². The first-order valence-electron chi connectivity index (χ1n) is 8.06. The van der Waals surface area contributed by atoms with Crippen LogP contribution >= 0.6 is 0 Å². The maximum absolute atomic E-state index is 12.4. The molecule has 0 radical (unpaired) electrons. The van der Waals surface area contributed by atoms with Crippen LogP contribution in [-0.4, -0.2) is 27.5 Å².